The third-order valence-corrected chi connectivity index (χ3v) is 4.76. The zero-order valence-corrected chi connectivity index (χ0v) is 12.9. The van der Waals surface area contributed by atoms with E-state index in [-0.39, 0.29) is 24.0 Å². The number of amides is 1. The summed E-state index contributed by atoms with van der Waals surface area (Å²) in [6.07, 6.45) is 3.01. The van der Waals surface area contributed by atoms with Gasteiger partial charge >= 0.3 is 0 Å². The molecule has 2 N–H and O–H groups in total. The summed E-state index contributed by atoms with van der Waals surface area (Å²) < 4.78 is 0. The van der Waals surface area contributed by atoms with Gasteiger partial charge in [-0.15, -0.1) is 0 Å². The van der Waals surface area contributed by atoms with Gasteiger partial charge in [-0.3, -0.25) is 9.69 Å². The standard InChI is InChI=1S/C15H30N2O2/c1-5-15(11-18)6-8-17(9-7-15)10-14(19)16-13(4)12(2)3/h12-13,18H,5-11H2,1-4H3,(H,16,19). The van der Waals surface area contributed by atoms with Gasteiger partial charge in [-0.25, -0.2) is 0 Å². The normalized spacial score (nSPS) is 21.4. The van der Waals surface area contributed by atoms with E-state index in [0.29, 0.717) is 12.5 Å². The molecule has 1 unspecified atom stereocenters. The van der Waals surface area contributed by atoms with E-state index in [2.05, 4.69) is 31.0 Å². The minimum absolute atomic E-state index is 0.0954. The lowest BCUT2D eigenvalue weighted by atomic mass is 9.77. The van der Waals surface area contributed by atoms with Crippen molar-refractivity contribution < 1.29 is 9.90 Å². The molecule has 4 nitrogen and oxygen atoms in total. The number of hydrogen-bond donors (Lipinski definition) is 2. The van der Waals surface area contributed by atoms with E-state index in [1.807, 2.05) is 6.92 Å². The van der Waals surface area contributed by atoms with Gasteiger partial charge in [0.2, 0.25) is 5.91 Å². The van der Waals surface area contributed by atoms with E-state index >= 15 is 0 Å². The van der Waals surface area contributed by atoms with Crippen LogP contribution < -0.4 is 5.32 Å². The van der Waals surface area contributed by atoms with Crippen molar-refractivity contribution in [3.63, 3.8) is 0 Å². The van der Waals surface area contributed by atoms with Gasteiger partial charge < -0.3 is 10.4 Å². The number of aliphatic hydroxyl groups excluding tert-OH is 1. The second kappa shape index (κ2) is 7.25. The van der Waals surface area contributed by atoms with Crippen LogP contribution in [0.15, 0.2) is 0 Å². The fraction of sp³-hybridized carbons (Fsp3) is 0.933. The quantitative estimate of drug-likeness (QED) is 0.771. The number of nitrogens with one attached hydrogen (secondary N) is 1. The summed E-state index contributed by atoms with van der Waals surface area (Å²) in [5.74, 6) is 0.585. The molecule has 0 aromatic heterocycles. The summed E-state index contributed by atoms with van der Waals surface area (Å²) in [6, 6.07) is 0.226. The van der Waals surface area contributed by atoms with Crippen molar-refractivity contribution in [2.24, 2.45) is 11.3 Å². The van der Waals surface area contributed by atoms with Crippen LogP contribution >= 0.6 is 0 Å². The maximum absolute atomic E-state index is 11.9. The molecule has 0 spiro atoms. The minimum atomic E-state index is 0.0954. The van der Waals surface area contributed by atoms with Gasteiger partial charge in [0.1, 0.15) is 0 Å². The molecule has 0 aromatic rings. The molecule has 0 aliphatic carbocycles. The Balaban J connectivity index is 2.35. The average molecular weight is 270 g/mol. The molecule has 1 fully saturated rings. The van der Waals surface area contributed by atoms with Gasteiger partial charge in [0.15, 0.2) is 0 Å². The third kappa shape index (κ3) is 4.77. The van der Waals surface area contributed by atoms with Crippen LogP contribution in [0, 0.1) is 11.3 Å². The Labute approximate surface area is 117 Å². The Morgan fingerprint density at radius 3 is 2.32 bits per heavy atom. The van der Waals surface area contributed by atoms with Crippen LogP contribution in [0.1, 0.15) is 47.0 Å². The van der Waals surface area contributed by atoms with E-state index in [1.165, 1.54) is 0 Å². The van der Waals surface area contributed by atoms with Crippen LogP contribution in [0.4, 0.5) is 0 Å². The summed E-state index contributed by atoms with van der Waals surface area (Å²) in [7, 11) is 0. The maximum atomic E-state index is 11.9. The number of rotatable bonds is 6. The molecule has 112 valence electrons. The molecule has 1 saturated heterocycles. The van der Waals surface area contributed by atoms with Crippen LogP contribution in [-0.2, 0) is 4.79 Å². The van der Waals surface area contributed by atoms with E-state index in [1.54, 1.807) is 0 Å². The Morgan fingerprint density at radius 2 is 1.89 bits per heavy atom. The van der Waals surface area contributed by atoms with E-state index in [4.69, 9.17) is 0 Å². The topological polar surface area (TPSA) is 52.6 Å². The average Bonchev–Trinajstić information content (AvgIpc) is 2.39. The molecule has 1 rings (SSSR count). The van der Waals surface area contributed by atoms with Gasteiger partial charge in [0.05, 0.1) is 6.54 Å². The number of piperidine rings is 1. The third-order valence-electron chi connectivity index (χ3n) is 4.76. The molecule has 1 aliphatic heterocycles. The smallest absolute Gasteiger partial charge is 0.234 e. The first-order valence-corrected chi connectivity index (χ1v) is 7.55. The second-order valence-corrected chi connectivity index (χ2v) is 6.39. The highest BCUT2D eigenvalue weighted by Crippen LogP contribution is 2.33. The lowest BCUT2D eigenvalue weighted by molar-refractivity contribution is -0.123. The van der Waals surface area contributed by atoms with Crippen LogP contribution in [0.3, 0.4) is 0 Å². The van der Waals surface area contributed by atoms with Gasteiger partial charge in [-0.05, 0) is 50.6 Å². The van der Waals surface area contributed by atoms with Gasteiger partial charge in [-0.1, -0.05) is 20.8 Å². The number of hydrogen-bond acceptors (Lipinski definition) is 3. The first-order valence-electron chi connectivity index (χ1n) is 7.55. The summed E-state index contributed by atoms with van der Waals surface area (Å²) in [5.41, 5.74) is 0.0954. The summed E-state index contributed by atoms with van der Waals surface area (Å²) in [5, 5.41) is 12.5. The van der Waals surface area contributed by atoms with Crippen molar-refractivity contribution in [3.05, 3.63) is 0 Å². The van der Waals surface area contributed by atoms with Crippen LogP contribution in [0.5, 0.6) is 0 Å². The zero-order valence-electron chi connectivity index (χ0n) is 12.9. The summed E-state index contributed by atoms with van der Waals surface area (Å²) in [6.45, 7) is 11.0. The zero-order chi connectivity index (χ0) is 14.5. The maximum Gasteiger partial charge on any atom is 0.234 e. The Bertz CT molecular complexity index is 278. The van der Waals surface area contributed by atoms with Crippen molar-refractivity contribution in [1.29, 1.82) is 0 Å². The monoisotopic (exact) mass is 270 g/mol. The summed E-state index contributed by atoms with van der Waals surface area (Å²) >= 11 is 0. The number of nitrogens with zero attached hydrogens (tertiary/aromatic N) is 1. The van der Waals surface area contributed by atoms with Gasteiger partial charge in [0, 0.05) is 12.6 Å². The largest absolute Gasteiger partial charge is 0.396 e. The number of carbonyl (C=O) groups is 1. The second-order valence-electron chi connectivity index (χ2n) is 6.39. The first-order chi connectivity index (χ1) is 8.92. The van der Waals surface area contributed by atoms with Crippen molar-refractivity contribution in [2.45, 2.75) is 53.0 Å². The SMILES string of the molecule is CCC1(CO)CCN(CC(=O)NC(C)C(C)C)CC1. The molecule has 4 heteroatoms. The first kappa shape index (κ1) is 16.4. The van der Waals surface area contributed by atoms with Gasteiger partial charge in [-0.2, -0.15) is 0 Å². The molecule has 0 aromatic carbocycles. The van der Waals surface area contributed by atoms with Gasteiger partial charge in [0.25, 0.3) is 0 Å². The molecule has 0 radical (unpaired) electrons. The molecule has 19 heavy (non-hydrogen) atoms. The van der Waals surface area contributed by atoms with Crippen molar-refractivity contribution in [3.8, 4) is 0 Å². The van der Waals surface area contributed by atoms with Crippen LogP contribution in [0.25, 0.3) is 0 Å². The van der Waals surface area contributed by atoms with E-state index in [0.717, 1.165) is 32.4 Å². The highest BCUT2D eigenvalue weighted by Gasteiger charge is 2.32. The van der Waals surface area contributed by atoms with E-state index < -0.39 is 0 Å². The lowest BCUT2D eigenvalue weighted by Gasteiger charge is -2.40. The highest BCUT2D eigenvalue weighted by molar-refractivity contribution is 5.78. The molecular weight excluding hydrogens is 240 g/mol. The number of aliphatic hydroxyl groups is 1. The Morgan fingerprint density at radius 1 is 1.32 bits per heavy atom. The number of carbonyl (C=O) groups excluding carboxylic acids is 1. The molecule has 0 saturated carbocycles. The fourth-order valence-electron chi connectivity index (χ4n) is 2.48. The lowest BCUT2D eigenvalue weighted by Crippen LogP contribution is -2.47. The molecule has 1 atom stereocenters. The molecule has 1 heterocycles. The molecule has 1 amide bonds. The highest BCUT2D eigenvalue weighted by atomic mass is 16.3. The summed E-state index contributed by atoms with van der Waals surface area (Å²) in [4.78, 5) is 14.1. The molecule has 0 bridgehead atoms. The predicted molar refractivity (Wildman–Crippen MR) is 77.9 cm³/mol. The predicted octanol–water partition coefficient (Wildman–Crippen LogP) is 1.63. The van der Waals surface area contributed by atoms with Crippen LogP contribution in [0.2, 0.25) is 0 Å². The fourth-order valence-corrected chi connectivity index (χ4v) is 2.48. The minimum Gasteiger partial charge on any atom is -0.396 e. The molecule has 1 aliphatic rings. The van der Waals surface area contributed by atoms with Crippen LogP contribution in [-0.4, -0.2) is 48.2 Å². The van der Waals surface area contributed by atoms with Crippen molar-refractivity contribution >= 4 is 5.91 Å². The Kier molecular flexibility index (Phi) is 6.27. The van der Waals surface area contributed by atoms with E-state index in [9.17, 15) is 9.90 Å². The van der Waals surface area contributed by atoms with Crippen molar-refractivity contribution in [2.75, 3.05) is 26.2 Å². The molecular formula is C15H30N2O2. The Hall–Kier alpha value is -0.610. The van der Waals surface area contributed by atoms with Crippen molar-refractivity contribution in [1.82, 2.24) is 10.2 Å². The number of likely N-dealkylation sites (tertiary alicyclic amines) is 1.